The van der Waals surface area contributed by atoms with E-state index < -0.39 is 22.0 Å². The lowest BCUT2D eigenvalue weighted by molar-refractivity contribution is -0.139. The fourth-order valence-electron chi connectivity index (χ4n) is 1.99. The van der Waals surface area contributed by atoms with Crippen LogP contribution in [0.2, 0.25) is 4.34 Å². The van der Waals surface area contributed by atoms with Gasteiger partial charge in [-0.25, -0.2) is 8.42 Å². The van der Waals surface area contributed by atoms with Crippen molar-refractivity contribution in [3.63, 3.8) is 0 Å². The lowest BCUT2D eigenvalue weighted by atomic mass is 10.2. The van der Waals surface area contributed by atoms with Gasteiger partial charge in [-0.05, 0) is 18.6 Å². The predicted octanol–water partition coefficient (Wildman–Crippen LogP) is 1.57. The molecule has 0 aromatic carbocycles. The van der Waals surface area contributed by atoms with Gasteiger partial charge in [-0.15, -0.1) is 11.3 Å². The standard InChI is InChI=1S/C11H14ClNO5S2/c1-7-4-10(19-11(7)12)20(16,17)13-2-3-18-6-8(13)5-9(14)15/h4,8H,2-3,5-6H2,1H3,(H,14,15). The molecule has 1 aliphatic heterocycles. The summed E-state index contributed by atoms with van der Waals surface area (Å²) in [5, 5.41) is 8.87. The topological polar surface area (TPSA) is 83.9 Å². The lowest BCUT2D eigenvalue weighted by Gasteiger charge is -2.33. The van der Waals surface area contributed by atoms with E-state index in [9.17, 15) is 13.2 Å². The second-order valence-electron chi connectivity index (χ2n) is 4.46. The van der Waals surface area contributed by atoms with Crippen LogP contribution in [0.3, 0.4) is 0 Å². The quantitative estimate of drug-likeness (QED) is 0.900. The number of halogens is 1. The molecule has 1 aromatic heterocycles. The highest BCUT2D eigenvalue weighted by atomic mass is 35.5. The van der Waals surface area contributed by atoms with Crippen LogP contribution in [-0.2, 0) is 19.6 Å². The van der Waals surface area contributed by atoms with Crippen molar-refractivity contribution in [2.45, 2.75) is 23.6 Å². The Hall–Kier alpha value is -0.670. The number of rotatable bonds is 4. The van der Waals surface area contributed by atoms with E-state index in [0.29, 0.717) is 9.90 Å². The van der Waals surface area contributed by atoms with E-state index in [1.54, 1.807) is 6.92 Å². The zero-order valence-electron chi connectivity index (χ0n) is 10.7. The minimum absolute atomic E-state index is 0.0869. The number of sulfonamides is 1. The molecule has 6 nitrogen and oxygen atoms in total. The molecule has 1 saturated heterocycles. The summed E-state index contributed by atoms with van der Waals surface area (Å²) in [6, 6.07) is 0.822. The summed E-state index contributed by atoms with van der Waals surface area (Å²) in [5.41, 5.74) is 0.693. The van der Waals surface area contributed by atoms with Crippen LogP contribution in [-0.4, -0.2) is 49.6 Å². The van der Waals surface area contributed by atoms with E-state index in [1.807, 2.05) is 0 Å². The molecule has 0 saturated carbocycles. The molecular weight excluding hydrogens is 326 g/mol. The second-order valence-corrected chi connectivity index (χ2v) is 8.24. The van der Waals surface area contributed by atoms with Crippen LogP contribution in [0.15, 0.2) is 10.3 Å². The maximum atomic E-state index is 12.6. The maximum Gasteiger partial charge on any atom is 0.305 e. The number of morpholine rings is 1. The molecule has 0 bridgehead atoms. The van der Waals surface area contributed by atoms with Gasteiger partial charge in [0.15, 0.2) is 0 Å². The number of aryl methyl sites for hydroxylation is 1. The molecule has 0 radical (unpaired) electrons. The first-order chi connectivity index (χ1) is 9.32. The fourth-order valence-corrected chi connectivity index (χ4v) is 5.42. The van der Waals surface area contributed by atoms with Gasteiger partial charge in [0.05, 0.1) is 30.0 Å². The van der Waals surface area contributed by atoms with E-state index in [0.717, 1.165) is 11.3 Å². The Morgan fingerprint density at radius 2 is 2.35 bits per heavy atom. The van der Waals surface area contributed by atoms with Crippen molar-refractivity contribution in [1.82, 2.24) is 4.31 Å². The van der Waals surface area contributed by atoms with E-state index in [2.05, 4.69) is 0 Å². The molecule has 1 aromatic rings. The molecule has 0 aliphatic carbocycles. The number of nitrogens with zero attached hydrogens (tertiary/aromatic N) is 1. The molecule has 0 amide bonds. The Kier molecular flexibility index (Phi) is 4.70. The van der Waals surface area contributed by atoms with Gasteiger partial charge < -0.3 is 9.84 Å². The van der Waals surface area contributed by atoms with Gasteiger partial charge in [0.1, 0.15) is 4.21 Å². The number of thiophene rings is 1. The molecule has 0 spiro atoms. The number of aliphatic carboxylic acids is 1. The van der Waals surface area contributed by atoms with Crippen LogP contribution in [0, 0.1) is 6.92 Å². The van der Waals surface area contributed by atoms with Gasteiger partial charge in [-0.1, -0.05) is 11.6 Å². The summed E-state index contributed by atoms with van der Waals surface area (Å²) in [6.07, 6.45) is -0.280. The minimum Gasteiger partial charge on any atom is -0.481 e. The van der Waals surface area contributed by atoms with Gasteiger partial charge in [0, 0.05) is 6.54 Å². The van der Waals surface area contributed by atoms with Gasteiger partial charge in [0.2, 0.25) is 0 Å². The van der Waals surface area contributed by atoms with Crippen molar-refractivity contribution in [2.75, 3.05) is 19.8 Å². The van der Waals surface area contributed by atoms with Crippen LogP contribution in [0.5, 0.6) is 0 Å². The van der Waals surface area contributed by atoms with Crippen molar-refractivity contribution in [3.8, 4) is 0 Å². The van der Waals surface area contributed by atoms with Crippen LogP contribution < -0.4 is 0 Å². The summed E-state index contributed by atoms with van der Waals surface area (Å²) in [6.45, 7) is 2.22. The van der Waals surface area contributed by atoms with Crippen LogP contribution in [0.4, 0.5) is 0 Å². The number of carboxylic acids is 1. The molecular formula is C11H14ClNO5S2. The Balaban J connectivity index is 2.32. The average molecular weight is 340 g/mol. The van der Waals surface area contributed by atoms with Crippen molar-refractivity contribution in [3.05, 3.63) is 16.0 Å². The predicted molar refractivity (Wildman–Crippen MR) is 74.8 cm³/mol. The molecule has 1 N–H and O–H groups in total. The summed E-state index contributed by atoms with van der Waals surface area (Å²) in [7, 11) is -3.73. The summed E-state index contributed by atoms with van der Waals surface area (Å²) >= 11 is 6.90. The van der Waals surface area contributed by atoms with Gasteiger partial charge >= 0.3 is 5.97 Å². The average Bonchev–Trinajstić information content (AvgIpc) is 2.70. The maximum absolute atomic E-state index is 12.6. The molecule has 112 valence electrons. The highest BCUT2D eigenvalue weighted by molar-refractivity contribution is 7.91. The minimum atomic E-state index is -3.73. The summed E-state index contributed by atoms with van der Waals surface area (Å²) < 4.78 is 32.1. The Bertz CT molecular complexity index is 593. The van der Waals surface area contributed by atoms with E-state index in [-0.39, 0.29) is 30.4 Å². The highest BCUT2D eigenvalue weighted by Crippen LogP contribution is 2.33. The number of carboxylic acid groups (broad SMARTS) is 1. The number of ether oxygens (including phenoxy) is 1. The first-order valence-corrected chi connectivity index (χ1v) is 8.53. The van der Waals surface area contributed by atoms with Crippen LogP contribution in [0.25, 0.3) is 0 Å². The van der Waals surface area contributed by atoms with Crippen molar-refractivity contribution in [2.24, 2.45) is 0 Å². The fraction of sp³-hybridized carbons (Fsp3) is 0.545. The molecule has 1 fully saturated rings. The van der Waals surface area contributed by atoms with Gasteiger partial charge in [0.25, 0.3) is 10.0 Å². The zero-order chi connectivity index (χ0) is 14.9. The Morgan fingerprint density at radius 1 is 1.65 bits per heavy atom. The largest absolute Gasteiger partial charge is 0.481 e. The third kappa shape index (κ3) is 3.15. The molecule has 1 aliphatic rings. The molecule has 1 atom stereocenters. The first-order valence-electron chi connectivity index (χ1n) is 5.89. The number of carbonyl (C=O) groups is 1. The monoisotopic (exact) mass is 339 g/mol. The first kappa shape index (κ1) is 15.7. The zero-order valence-corrected chi connectivity index (χ0v) is 13.1. The number of hydrogen-bond acceptors (Lipinski definition) is 5. The van der Waals surface area contributed by atoms with E-state index >= 15 is 0 Å². The smallest absolute Gasteiger partial charge is 0.305 e. The molecule has 2 heterocycles. The molecule has 20 heavy (non-hydrogen) atoms. The molecule has 1 unspecified atom stereocenters. The van der Waals surface area contributed by atoms with Gasteiger partial charge in [-0.3, -0.25) is 4.79 Å². The Labute approximate surface area is 126 Å². The summed E-state index contributed by atoms with van der Waals surface area (Å²) in [5.74, 6) is -1.05. The third-order valence-electron chi connectivity index (χ3n) is 2.98. The molecule has 9 heteroatoms. The van der Waals surface area contributed by atoms with Crippen molar-refractivity contribution in [1.29, 1.82) is 0 Å². The summed E-state index contributed by atoms with van der Waals surface area (Å²) in [4.78, 5) is 10.8. The third-order valence-corrected chi connectivity index (χ3v) is 6.94. The van der Waals surface area contributed by atoms with Crippen LogP contribution in [0.1, 0.15) is 12.0 Å². The van der Waals surface area contributed by atoms with E-state index in [1.165, 1.54) is 10.4 Å². The number of hydrogen-bond donors (Lipinski definition) is 1. The Morgan fingerprint density at radius 3 is 2.90 bits per heavy atom. The van der Waals surface area contributed by atoms with Crippen molar-refractivity contribution >= 4 is 38.9 Å². The molecule has 2 rings (SSSR count). The van der Waals surface area contributed by atoms with Crippen molar-refractivity contribution < 1.29 is 23.1 Å². The lowest BCUT2D eigenvalue weighted by Crippen LogP contribution is -2.49. The second kappa shape index (κ2) is 5.98. The van der Waals surface area contributed by atoms with Crippen LogP contribution >= 0.6 is 22.9 Å². The SMILES string of the molecule is Cc1cc(S(=O)(=O)N2CCOCC2CC(=O)O)sc1Cl. The van der Waals surface area contributed by atoms with Gasteiger partial charge in [-0.2, -0.15) is 4.31 Å². The van der Waals surface area contributed by atoms with E-state index in [4.69, 9.17) is 21.4 Å². The highest BCUT2D eigenvalue weighted by Gasteiger charge is 2.36. The normalized spacial score (nSPS) is 21.0.